The summed E-state index contributed by atoms with van der Waals surface area (Å²) in [5.74, 6) is -0.542. The minimum atomic E-state index is -4.46. The Morgan fingerprint density at radius 1 is 1.17 bits per heavy atom. The van der Waals surface area contributed by atoms with Crippen LogP contribution in [0, 0.1) is 5.92 Å². The van der Waals surface area contributed by atoms with Crippen LogP contribution in [0.2, 0.25) is 0 Å². The topological polar surface area (TPSA) is 109 Å². The number of nitrogens with zero attached hydrogens (tertiary/aromatic N) is 6. The molecule has 0 amide bonds. The Bertz CT molecular complexity index is 1570. The number of alkyl halides is 3. The van der Waals surface area contributed by atoms with Gasteiger partial charge in [0, 0.05) is 18.8 Å². The van der Waals surface area contributed by atoms with Gasteiger partial charge in [0.2, 0.25) is 11.8 Å². The maximum absolute atomic E-state index is 13.3. The first-order valence-corrected chi connectivity index (χ1v) is 13.8. The monoisotopic (exact) mass is 579 g/mol. The number of pyridine rings is 1. The number of fused-ring (bicyclic) bond motifs is 1. The first-order chi connectivity index (χ1) is 20.1. The molecule has 0 radical (unpaired) electrons. The van der Waals surface area contributed by atoms with Crippen LogP contribution in [0.15, 0.2) is 61.3 Å². The smallest absolute Gasteiger partial charge is 0.416 e. The Morgan fingerprint density at radius 3 is 2.48 bits per heavy atom. The van der Waals surface area contributed by atoms with E-state index < -0.39 is 23.5 Å². The number of imidazole rings is 1. The van der Waals surface area contributed by atoms with E-state index in [0.717, 1.165) is 37.1 Å². The zero-order valence-corrected chi connectivity index (χ0v) is 23.3. The second-order valence-corrected chi connectivity index (χ2v) is 10.6. The van der Waals surface area contributed by atoms with E-state index in [1.807, 2.05) is 30.0 Å². The standard InChI is InChI=1S/C30H32F3N7O2/c1-4-16-39(19(3)21-8-7-9-21)27-24-25(36-26(37-27)28(41)42)38-29(35-18(2)23-10-5-6-15-34-23)40(24)17-20-11-13-22(14-12-20)30(31,32)33/h4-6,10-15,18-19,21H,1,7-9,16-17H2,2-3H3,(H,41,42)(H,35,36,37,38). The van der Waals surface area contributed by atoms with Gasteiger partial charge in [-0.25, -0.2) is 14.8 Å². The van der Waals surface area contributed by atoms with Crippen LogP contribution in [-0.2, 0) is 12.7 Å². The molecule has 220 valence electrons. The van der Waals surface area contributed by atoms with Gasteiger partial charge in [0.1, 0.15) is 5.52 Å². The van der Waals surface area contributed by atoms with E-state index >= 15 is 0 Å². The predicted octanol–water partition coefficient (Wildman–Crippen LogP) is 6.34. The number of carboxylic acids is 1. The van der Waals surface area contributed by atoms with Crippen LogP contribution in [0.5, 0.6) is 0 Å². The molecule has 0 bridgehead atoms. The third-order valence-corrected chi connectivity index (χ3v) is 7.80. The van der Waals surface area contributed by atoms with Crippen molar-refractivity contribution >= 4 is 28.9 Å². The van der Waals surface area contributed by atoms with Crippen molar-refractivity contribution in [3.63, 3.8) is 0 Å². The number of rotatable bonds is 11. The molecule has 2 unspecified atom stereocenters. The fourth-order valence-corrected chi connectivity index (χ4v) is 5.22. The average Bonchev–Trinajstić information content (AvgIpc) is 3.27. The molecule has 2 atom stereocenters. The first kappa shape index (κ1) is 29.0. The number of aromatic carboxylic acids is 1. The molecule has 1 aliphatic rings. The van der Waals surface area contributed by atoms with Crippen molar-refractivity contribution in [2.75, 3.05) is 16.8 Å². The number of nitrogens with one attached hydrogen (secondary N) is 1. The quantitative estimate of drug-likeness (QED) is 0.198. The molecule has 2 N–H and O–H groups in total. The minimum absolute atomic E-state index is 0.0229. The van der Waals surface area contributed by atoms with Gasteiger partial charge >= 0.3 is 12.1 Å². The maximum atomic E-state index is 13.3. The van der Waals surface area contributed by atoms with Crippen LogP contribution in [0.25, 0.3) is 11.2 Å². The number of carbonyl (C=O) groups is 1. The van der Waals surface area contributed by atoms with Crippen LogP contribution in [-0.4, -0.2) is 48.2 Å². The van der Waals surface area contributed by atoms with Gasteiger partial charge in [-0.05, 0) is 62.4 Å². The molecular formula is C30H32F3N7O2. The first-order valence-electron chi connectivity index (χ1n) is 13.8. The number of aromatic nitrogens is 5. The predicted molar refractivity (Wildman–Crippen MR) is 153 cm³/mol. The highest BCUT2D eigenvalue weighted by atomic mass is 19.4. The van der Waals surface area contributed by atoms with E-state index in [4.69, 9.17) is 4.98 Å². The third-order valence-electron chi connectivity index (χ3n) is 7.80. The number of benzene rings is 1. The molecule has 1 fully saturated rings. The lowest BCUT2D eigenvalue weighted by Gasteiger charge is -2.39. The Kier molecular flexibility index (Phi) is 8.15. The second-order valence-electron chi connectivity index (χ2n) is 10.6. The molecule has 0 saturated heterocycles. The van der Waals surface area contributed by atoms with Crippen molar-refractivity contribution in [3.8, 4) is 0 Å². The minimum Gasteiger partial charge on any atom is -0.475 e. The molecule has 3 heterocycles. The van der Waals surface area contributed by atoms with Crippen molar-refractivity contribution in [2.45, 2.75) is 57.9 Å². The van der Waals surface area contributed by atoms with Crippen molar-refractivity contribution in [1.82, 2.24) is 24.5 Å². The van der Waals surface area contributed by atoms with Gasteiger partial charge in [-0.2, -0.15) is 18.2 Å². The van der Waals surface area contributed by atoms with Gasteiger partial charge < -0.3 is 19.9 Å². The van der Waals surface area contributed by atoms with Crippen LogP contribution in [0.4, 0.5) is 24.9 Å². The van der Waals surface area contributed by atoms with E-state index in [9.17, 15) is 23.1 Å². The summed E-state index contributed by atoms with van der Waals surface area (Å²) in [6, 6.07) is 10.2. The van der Waals surface area contributed by atoms with Gasteiger partial charge in [0.25, 0.3) is 0 Å². The summed E-state index contributed by atoms with van der Waals surface area (Å²) in [5, 5.41) is 13.2. The molecule has 0 aliphatic heterocycles. The summed E-state index contributed by atoms with van der Waals surface area (Å²) in [7, 11) is 0. The molecule has 0 spiro atoms. The zero-order valence-electron chi connectivity index (χ0n) is 23.3. The van der Waals surface area contributed by atoms with Crippen LogP contribution >= 0.6 is 0 Å². The molecule has 5 rings (SSSR count). The number of halogens is 3. The maximum Gasteiger partial charge on any atom is 0.416 e. The van der Waals surface area contributed by atoms with Gasteiger partial charge in [-0.1, -0.05) is 30.7 Å². The number of hydrogen-bond donors (Lipinski definition) is 2. The Hall–Kier alpha value is -4.48. The van der Waals surface area contributed by atoms with Gasteiger partial charge in [-0.3, -0.25) is 4.98 Å². The Balaban J connectivity index is 1.68. The van der Waals surface area contributed by atoms with Crippen molar-refractivity contribution < 1.29 is 23.1 Å². The summed E-state index contributed by atoms with van der Waals surface area (Å²) in [4.78, 5) is 32.0. The Labute approximate surface area is 241 Å². The summed E-state index contributed by atoms with van der Waals surface area (Å²) < 4.78 is 41.6. The van der Waals surface area contributed by atoms with Crippen LogP contribution in [0.1, 0.15) is 66.6 Å². The molecule has 4 aromatic rings. The van der Waals surface area contributed by atoms with Gasteiger partial charge in [0.05, 0.1) is 23.8 Å². The number of carboxylic acid groups (broad SMARTS) is 1. The molecule has 42 heavy (non-hydrogen) atoms. The molecular weight excluding hydrogens is 547 g/mol. The molecule has 1 saturated carbocycles. The van der Waals surface area contributed by atoms with Crippen LogP contribution < -0.4 is 10.2 Å². The fourth-order valence-electron chi connectivity index (χ4n) is 5.22. The van der Waals surface area contributed by atoms with Gasteiger partial charge in [-0.15, -0.1) is 6.58 Å². The Morgan fingerprint density at radius 2 is 1.90 bits per heavy atom. The van der Waals surface area contributed by atoms with Crippen molar-refractivity contribution in [1.29, 1.82) is 0 Å². The lowest BCUT2D eigenvalue weighted by atomic mass is 9.79. The van der Waals surface area contributed by atoms with Crippen molar-refractivity contribution in [3.05, 3.63) is 84.0 Å². The SMILES string of the molecule is C=CCN(c1nc(C(=O)O)nc2nc(NC(C)c3ccccn3)n(Cc3ccc(C(F)(F)F)cc3)c12)C(C)C1CCC1. The molecule has 12 heteroatoms. The van der Waals surface area contributed by atoms with E-state index in [0.29, 0.717) is 35.3 Å². The summed E-state index contributed by atoms with van der Waals surface area (Å²) in [5.41, 5.74) is 1.23. The molecule has 3 aromatic heterocycles. The fraction of sp³-hybridized carbons (Fsp3) is 0.367. The average molecular weight is 580 g/mol. The number of hydrogen-bond acceptors (Lipinski definition) is 7. The van der Waals surface area contributed by atoms with Gasteiger partial charge in [0.15, 0.2) is 11.5 Å². The van der Waals surface area contributed by atoms with Crippen LogP contribution in [0.3, 0.4) is 0 Å². The van der Waals surface area contributed by atoms with E-state index in [1.165, 1.54) is 12.1 Å². The largest absolute Gasteiger partial charge is 0.475 e. The molecule has 1 aromatic carbocycles. The number of anilines is 2. The van der Waals surface area contributed by atoms with Crippen molar-refractivity contribution in [2.24, 2.45) is 5.92 Å². The van der Waals surface area contributed by atoms with E-state index in [2.05, 4.69) is 33.8 Å². The van der Waals surface area contributed by atoms with E-state index in [-0.39, 0.29) is 24.3 Å². The lowest BCUT2D eigenvalue weighted by molar-refractivity contribution is -0.137. The third kappa shape index (κ3) is 5.93. The summed E-state index contributed by atoms with van der Waals surface area (Å²) in [6.45, 7) is 8.44. The molecule has 1 aliphatic carbocycles. The second kappa shape index (κ2) is 11.8. The highest BCUT2D eigenvalue weighted by Crippen LogP contribution is 2.37. The normalized spacial score (nSPS) is 15.2. The summed E-state index contributed by atoms with van der Waals surface area (Å²) >= 11 is 0. The van der Waals surface area contributed by atoms with E-state index in [1.54, 1.807) is 16.8 Å². The highest BCUT2D eigenvalue weighted by Gasteiger charge is 2.33. The summed E-state index contributed by atoms with van der Waals surface area (Å²) in [6.07, 6.45) is 2.19. The molecule has 9 nitrogen and oxygen atoms in total. The zero-order chi connectivity index (χ0) is 30.0. The lowest BCUT2D eigenvalue weighted by Crippen LogP contribution is -2.42. The highest BCUT2D eigenvalue weighted by molar-refractivity contribution is 5.92.